The van der Waals surface area contributed by atoms with Gasteiger partial charge in [-0.2, -0.15) is 0 Å². The Hall–Kier alpha value is -1.11. The minimum atomic E-state index is -0.0595. The molecule has 1 aromatic carbocycles. The maximum Gasteiger partial charge on any atom is 0.126 e. The number of halogens is 1. The Morgan fingerprint density at radius 1 is 0.833 bits per heavy atom. The zero-order valence-electron chi connectivity index (χ0n) is 19.7. The van der Waals surface area contributed by atoms with E-state index < -0.39 is 0 Å². The van der Waals surface area contributed by atoms with Crippen molar-refractivity contribution in [1.29, 1.82) is 0 Å². The van der Waals surface area contributed by atoms with Gasteiger partial charge in [-0.3, -0.25) is 0 Å². The molecule has 0 aromatic heterocycles. The van der Waals surface area contributed by atoms with Crippen LogP contribution in [0, 0.1) is 30.5 Å². The Morgan fingerprint density at radius 2 is 1.57 bits per heavy atom. The molecule has 1 saturated carbocycles. The molecule has 0 heterocycles. The van der Waals surface area contributed by atoms with Crippen molar-refractivity contribution in [2.24, 2.45) is 17.8 Å². The lowest BCUT2D eigenvalue weighted by Gasteiger charge is -2.30. The van der Waals surface area contributed by atoms with E-state index in [0.717, 1.165) is 41.7 Å². The van der Waals surface area contributed by atoms with E-state index >= 15 is 0 Å². The zero-order chi connectivity index (χ0) is 21.2. The molecule has 1 unspecified atom stereocenters. The van der Waals surface area contributed by atoms with Gasteiger partial charge in [0.15, 0.2) is 0 Å². The van der Waals surface area contributed by atoms with E-state index in [9.17, 15) is 4.39 Å². The molecule has 0 spiro atoms. The molecular weight excluding hydrogens is 367 g/mol. The van der Waals surface area contributed by atoms with Crippen LogP contribution in [0.3, 0.4) is 0 Å². The number of unbranched alkanes of at least 4 members (excludes halogenated alkanes) is 3. The molecule has 0 radical (unpaired) electrons. The Labute approximate surface area is 185 Å². The average Bonchev–Trinajstić information content (AvgIpc) is 2.77. The fraction of sp³-hybridized carbons (Fsp3) is 0.724. The van der Waals surface area contributed by atoms with E-state index in [1.165, 1.54) is 89.9 Å². The summed E-state index contributed by atoms with van der Waals surface area (Å²) in [5, 5.41) is 0. The van der Waals surface area contributed by atoms with Gasteiger partial charge in [-0.1, -0.05) is 94.9 Å². The highest BCUT2D eigenvalue weighted by Gasteiger charge is 2.22. The molecular formula is C29H45F. The molecule has 2 aliphatic rings. The van der Waals surface area contributed by atoms with Crippen molar-refractivity contribution < 1.29 is 4.39 Å². The van der Waals surface area contributed by atoms with Crippen molar-refractivity contribution in [3.8, 4) is 0 Å². The van der Waals surface area contributed by atoms with E-state index in [2.05, 4.69) is 19.1 Å². The Bertz CT molecular complexity index is 650. The van der Waals surface area contributed by atoms with Crippen molar-refractivity contribution in [3.63, 3.8) is 0 Å². The summed E-state index contributed by atoms with van der Waals surface area (Å²) in [5.41, 5.74) is 3.50. The van der Waals surface area contributed by atoms with Crippen LogP contribution < -0.4 is 0 Å². The number of hydrogen-bond acceptors (Lipinski definition) is 0. The van der Waals surface area contributed by atoms with Gasteiger partial charge in [-0.15, -0.1) is 0 Å². The van der Waals surface area contributed by atoms with Crippen LogP contribution in [0.1, 0.15) is 114 Å². The highest BCUT2D eigenvalue weighted by Crippen LogP contribution is 2.37. The van der Waals surface area contributed by atoms with Crippen molar-refractivity contribution in [1.82, 2.24) is 0 Å². The Morgan fingerprint density at radius 3 is 2.23 bits per heavy atom. The second-order valence-electron chi connectivity index (χ2n) is 10.4. The molecule has 1 aromatic rings. The van der Waals surface area contributed by atoms with Crippen molar-refractivity contribution in [2.75, 3.05) is 0 Å². The second-order valence-corrected chi connectivity index (χ2v) is 10.4. The minimum Gasteiger partial charge on any atom is -0.207 e. The molecule has 1 heteroatoms. The van der Waals surface area contributed by atoms with E-state index in [1.54, 1.807) is 11.6 Å². The van der Waals surface area contributed by atoms with Gasteiger partial charge in [0.05, 0.1) is 0 Å². The summed E-state index contributed by atoms with van der Waals surface area (Å²) in [4.78, 5) is 0. The predicted octanol–water partition coefficient (Wildman–Crippen LogP) is 9.35. The van der Waals surface area contributed by atoms with Gasteiger partial charge in [0.2, 0.25) is 0 Å². The summed E-state index contributed by atoms with van der Waals surface area (Å²) in [6, 6.07) is 5.72. The van der Waals surface area contributed by atoms with Crippen LogP contribution in [0.5, 0.6) is 0 Å². The van der Waals surface area contributed by atoms with Gasteiger partial charge >= 0.3 is 0 Å². The number of allylic oxidation sites excluding steroid dienone is 2. The third-order valence-corrected chi connectivity index (χ3v) is 8.00. The molecule has 0 nitrogen and oxygen atoms in total. The molecule has 1 atom stereocenters. The average molecular weight is 413 g/mol. The summed E-state index contributed by atoms with van der Waals surface area (Å²) in [5.74, 6) is 2.91. The second kappa shape index (κ2) is 12.7. The lowest BCUT2D eigenvalue weighted by molar-refractivity contribution is 0.234. The molecule has 168 valence electrons. The predicted molar refractivity (Wildman–Crippen MR) is 128 cm³/mol. The summed E-state index contributed by atoms with van der Waals surface area (Å²) < 4.78 is 13.7. The summed E-state index contributed by atoms with van der Waals surface area (Å²) in [6.45, 7) is 4.14. The molecule has 0 N–H and O–H groups in total. The first-order valence-electron chi connectivity index (χ1n) is 13.1. The van der Waals surface area contributed by atoms with Crippen LogP contribution in [0.4, 0.5) is 4.39 Å². The van der Waals surface area contributed by atoms with Gasteiger partial charge in [0.25, 0.3) is 0 Å². The van der Waals surface area contributed by atoms with Crippen molar-refractivity contribution in [3.05, 3.63) is 46.8 Å². The van der Waals surface area contributed by atoms with E-state index in [0.29, 0.717) is 0 Å². The van der Waals surface area contributed by atoms with Gasteiger partial charge in [-0.25, -0.2) is 4.39 Å². The summed E-state index contributed by atoms with van der Waals surface area (Å²) in [6.07, 6.45) is 24.7. The third kappa shape index (κ3) is 7.86. The lowest BCUT2D eigenvalue weighted by Crippen LogP contribution is -2.16. The monoisotopic (exact) mass is 412 g/mol. The van der Waals surface area contributed by atoms with Gasteiger partial charge in [-0.05, 0) is 80.4 Å². The quantitative estimate of drug-likeness (QED) is 0.251. The fourth-order valence-electron chi connectivity index (χ4n) is 5.67. The largest absolute Gasteiger partial charge is 0.207 e. The first kappa shape index (κ1) is 23.6. The van der Waals surface area contributed by atoms with E-state index in [4.69, 9.17) is 0 Å². The van der Waals surface area contributed by atoms with Crippen molar-refractivity contribution >= 4 is 0 Å². The zero-order valence-corrected chi connectivity index (χ0v) is 19.7. The normalized spacial score (nSPS) is 24.6. The van der Waals surface area contributed by atoms with Crippen molar-refractivity contribution in [2.45, 2.75) is 117 Å². The molecule has 30 heavy (non-hydrogen) atoms. The molecule has 0 saturated heterocycles. The maximum absolute atomic E-state index is 13.7. The lowest BCUT2D eigenvalue weighted by atomic mass is 9.76. The van der Waals surface area contributed by atoms with Crippen LogP contribution >= 0.6 is 0 Å². The first-order valence-corrected chi connectivity index (χ1v) is 13.1. The third-order valence-electron chi connectivity index (χ3n) is 8.00. The molecule has 0 bridgehead atoms. The number of benzene rings is 1. The highest BCUT2D eigenvalue weighted by molar-refractivity contribution is 5.24. The SMILES string of the molecule is CCCCCCC1CCC(CCC2CC=C(CCc3ccc(C)c(F)c3)CC2)CC1. The molecule has 0 aliphatic heterocycles. The van der Waals surface area contributed by atoms with Gasteiger partial charge < -0.3 is 0 Å². The smallest absolute Gasteiger partial charge is 0.126 e. The molecule has 0 amide bonds. The van der Waals surface area contributed by atoms with Crippen LogP contribution in [-0.2, 0) is 6.42 Å². The maximum atomic E-state index is 13.7. The van der Waals surface area contributed by atoms with Gasteiger partial charge in [0.1, 0.15) is 5.82 Å². The van der Waals surface area contributed by atoms with E-state index in [1.807, 2.05) is 13.0 Å². The fourth-order valence-corrected chi connectivity index (χ4v) is 5.67. The standard InChI is InChI=1S/C29H45F/c1-3-4-5-6-7-24-10-12-25(13-11-24)14-15-26-16-18-27(19-17-26)20-21-28-9-8-23(2)29(30)22-28/h8-9,18,22,24-26H,3-7,10-17,19-21H2,1-2H3. The molecule has 1 fully saturated rings. The van der Waals surface area contributed by atoms with Crippen LogP contribution in [0.25, 0.3) is 0 Å². The summed E-state index contributed by atoms with van der Waals surface area (Å²) >= 11 is 0. The number of aryl methyl sites for hydroxylation is 2. The van der Waals surface area contributed by atoms with Gasteiger partial charge in [0, 0.05) is 0 Å². The summed E-state index contributed by atoms with van der Waals surface area (Å²) in [7, 11) is 0. The highest BCUT2D eigenvalue weighted by atomic mass is 19.1. The van der Waals surface area contributed by atoms with Crippen LogP contribution in [0.15, 0.2) is 29.8 Å². The van der Waals surface area contributed by atoms with Crippen LogP contribution in [0.2, 0.25) is 0 Å². The Kier molecular flexibility index (Phi) is 9.95. The minimum absolute atomic E-state index is 0.0595. The topological polar surface area (TPSA) is 0 Å². The van der Waals surface area contributed by atoms with Crippen LogP contribution in [-0.4, -0.2) is 0 Å². The van der Waals surface area contributed by atoms with E-state index in [-0.39, 0.29) is 5.82 Å². The number of rotatable bonds is 11. The number of hydrogen-bond donors (Lipinski definition) is 0. The Balaban J connectivity index is 1.28. The molecule has 2 aliphatic carbocycles. The first-order chi connectivity index (χ1) is 14.6. The molecule has 3 rings (SSSR count).